The van der Waals surface area contributed by atoms with Crippen LogP contribution in [0.4, 0.5) is 5.69 Å². The first kappa shape index (κ1) is 9.40. The second-order valence-corrected chi connectivity index (χ2v) is 3.03. The number of benzene rings is 1. The third kappa shape index (κ3) is 2.38. The molecule has 13 heavy (non-hydrogen) atoms. The van der Waals surface area contributed by atoms with Crippen LogP contribution in [0.5, 0.6) is 5.75 Å². The van der Waals surface area contributed by atoms with Gasteiger partial charge in [-0.15, -0.1) is 0 Å². The van der Waals surface area contributed by atoms with Crippen molar-refractivity contribution >= 4 is 5.69 Å². The number of nitriles is 1. The Morgan fingerprint density at radius 3 is 2.69 bits per heavy atom. The molecule has 0 unspecified atom stereocenters. The van der Waals surface area contributed by atoms with Crippen LogP contribution in [-0.4, -0.2) is 6.10 Å². The summed E-state index contributed by atoms with van der Waals surface area (Å²) in [7, 11) is 0. The second-order valence-electron chi connectivity index (χ2n) is 3.03. The number of nitrogens with two attached hydrogens (primary N) is 1. The first-order valence-electron chi connectivity index (χ1n) is 4.09. The molecule has 3 nitrogen and oxygen atoms in total. The van der Waals surface area contributed by atoms with Gasteiger partial charge < -0.3 is 10.5 Å². The van der Waals surface area contributed by atoms with Gasteiger partial charge in [0.05, 0.1) is 11.7 Å². The fraction of sp³-hybridized carbons (Fsp3) is 0.300. The minimum absolute atomic E-state index is 0.0499. The Hall–Kier alpha value is -1.69. The molecule has 0 fully saturated rings. The van der Waals surface area contributed by atoms with Gasteiger partial charge in [0.25, 0.3) is 0 Å². The summed E-state index contributed by atoms with van der Waals surface area (Å²) in [6.45, 7) is 3.81. The van der Waals surface area contributed by atoms with Crippen molar-refractivity contribution in [1.82, 2.24) is 0 Å². The minimum Gasteiger partial charge on any atom is -0.490 e. The molecule has 1 rings (SSSR count). The molecule has 0 aliphatic carbocycles. The second kappa shape index (κ2) is 3.81. The molecule has 0 spiro atoms. The Balaban J connectivity index is 3.03. The normalized spacial score (nSPS) is 9.69. The van der Waals surface area contributed by atoms with Crippen LogP contribution in [0.1, 0.15) is 19.4 Å². The number of hydrogen-bond acceptors (Lipinski definition) is 3. The molecule has 0 saturated carbocycles. The summed E-state index contributed by atoms with van der Waals surface area (Å²) in [5.41, 5.74) is 6.69. The van der Waals surface area contributed by atoms with Crippen LogP contribution in [0.2, 0.25) is 0 Å². The molecule has 0 radical (unpaired) electrons. The third-order valence-electron chi connectivity index (χ3n) is 1.49. The van der Waals surface area contributed by atoms with Gasteiger partial charge in [0.2, 0.25) is 0 Å². The predicted molar refractivity (Wildman–Crippen MR) is 51.3 cm³/mol. The first-order chi connectivity index (χ1) is 6.13. The van der Waals surface area contributed by atoms with Gasteiger partial charge in [-0.3, -0.25) is 0 Å². The molecule has 2 N–H and O–H groups in total. The molecule has 0 heterocycles. The first-order valence-corrected chi connectivity index (χ1v) is 4.09. The van der Waals surface area contributed by atoms with Gasteiger partial charge in [0, 0.05) is 11.8 Å². The molecule has 0 saturated heterocycles. The van der Waals surface area contributed by atoms with Crippen LogP contribution in [0.3, 0.4) is 0 Å². The van der Waals surface area contributed by atoms with Gasteiger partial charge in [0.15, 0.2) is 0 Å². The van der Waals surface area contributed by atoms with Gasteiger partial charge in [-0.2, -0.15) is 5.26 Å². The molecule has 0 amide bonds. The van der Waals surface area contributed by atoms with Gasteiger partial charge in [-0.05, 0) is 26.0 Å². The zero-order valence-corrected chi connectivity index (χ0v) is 7.74. The Bertz CT molecular complexity index is 339. The highest BCUT2D eigenvalue weighted by molar-refractivity contribution is 5.52. The Morgan fingerprint density at radius 2 is 2.15 bits per heavy atom. The van der Waals surface area contributed by atoms with Crippen molar-refractivity contribution in [2.75, 3.05) is 5.73 Å². The Kier molecular flexibility index (Phi) is 2.76. The summed E-state index contributed by atoms with van der Waals surface area (Å²) in [4.78, 5) is 0. The van der Waals surface area contributed by atoms with Gasteiger partial charge in [0.1, 0.15) is 11.8 Å². The van der Waals surface area contributed by atoms with Crippen LogP contribution in [0.15, 0.2) is 18.2 Å². The van der Waals surface area contributed by atoms with E-state index < -0.39 is 0 Å². The highest BCUT2D eigenvalue weighted by Crippen LogP contribution is 2.21. The summed E-state index contributed by atoms with van der Waals surface area (Å²) in [6.07, 6.45) is 0.0499. The average Bonchev–Trinajstić information content (AvgIpc) is 2.03. The topological polar surface area (TPSA) is 59.0 Å². The standard InChI is InChI=1S/C10H12N2O/c1-7(2)13-10-5-9(12)4-3-8(10)6-11/h3-5,7H,12H2,1-2H3. The number of nitrogen functional groups attached to an aromatic ring is 1. The Morgan fingerprint density at radius 1 is 1.46 bits per heavy atom. The average molecular weight is 176 g/mol. The lowest BCUT2D eigenvalue weighted by Gasteiger charge is -2.11. The van der Waals surface area contributed by atoms with Crippen molar-refractivity contribution in [3.8, 4) is 11.8 Å². The smallest absolute Gasteiger partial charge is 0.139 e. The summed E-state index contributed by atoms with van der Waals surface area (Å²) in [5, 5.41) is 8.75. The molecule has 0 atom stereocenters. The predicted octanol–water partition coefficient (Wildman–Crippen LogP) is 1.93. The number of hydrogen-bond donors (Lipinski definition) is 1. The summed E-state index contributed by atoms with van der Waals surface area (Å²) in [6, 6.07) is 7.06. The number of nitrogens with zero attached hydrogens (tertiary/aromatic N) is 1. The van der Waals surface area contributed by atoms with E-state index in [0.29, 0.717) is 17.0 Å². The SMILES string of the molecule is CC(C)Oc1cc(N)ccc1C#N. The molecule has 1 aromatic rings. The molecule has 1 aromatic carbocycles. The molecule has 68 valence electrons. The molecular weight excluding hydrogens is 164 g/mol. The van der Waals surface area contributed by atoms with Crippen molar-refractivity contribution in [3.63, 3.8) is 0 Å². The lowest BCUT2D eigenvalue weighted by atomic mass is 10.2. The summed E-state index contributed by atoms with van der Waals surface area (Å²) >= 11 is 0. The summed E-state index contributed by atoms with van der Waals surface area (Å²) < 4.78 is 5.41. The fourth-order valence-electron chi connectivity index (χ4n) is 0.983. The highest BCUT2D eigenvalue weighted by Gasteiger charge is 2.04. The van der Waals surface area contributed by atoms with Crippen molar-refractivity contribution < 1.29 is 4.74 Å². The number of anilines is 1. The van der Waals surface area contributed by atoms with E-state index in [0.717, 1.165) is 0 Å². The highest BCUT2D eigenvalue weighted by atomic mass is 16.5. The van der Waals surface area contributed by atoms with Crippen molar-refractivity contribution in [2.24, 2.45) is 0 Å². The van der Waals surface area contributed by atoms with E-state index in [2.05, 4.69) is 0 Å². The van der Waals surface area contributed by atoms with Gasteiger partial charge in [-0.25, -0.2) is 0 Å². The maximum atomic E-state index is 8.75. The lowest BCUT2D eigenvalue weighted by Crippen LogP contribution is -2.07. The quantitative estimate of drug-likeness (QED) is 0.700. The molecular formula is C10H12N2O. The molecule has 0 aromatic heterocycles. The monoisotopic (exact) mass is 176 g/mol. The Labute approximate surface area is 77.7 Å². The minimum atomic E-state index is 0.0499. The molecule has 0 bridgehead atoms. The van der Waals surface area contributed by atoms with E-state index in [1.54, 1.807) is 18.2 Å². The van der Waals surface area contributed by atoms with E-state index in [9.17, 15) is 0 Å². The summed E-state index contributed by atoms with van der Waals surface area (Å²) in [5.74, 6) is 0.553. The van der Waals surface area contributed by atoms with E-state index in [4.69, 9.17) is 15.7 Å². The van der Waals surface area contributed by atoms with E-state index in [1.165, 1.54) is 0 Å². The molecule has 0 aliphatic rings. The van der Waals surface area contributed by atoms with Crippen molar-refractivity contribution in [3.05, 3.63) is 23.8 Å². The van der Waals surface area contributed by atoms with Crippen LogP contribution in [-0.2, 0) is 0 Å². The van der Waals surface area contributed by atoms with Crippen LogP contribution in [0.25, 0.3) is 0 Å². The van der Waals surface area contributed by atoms with Crippen molar-refractivity contribution in [2.45, 2.75) is 20.0 Å². The van der Waals surface area contributed by atoms with Crippen molar-refractivity contribution in [1.29, 1.82) is 5.26 Å². The van der Waals surface area contributed by atoms with E-state index in [-0.39, 0.29) is 6.10 Å². The fourth-order valence-corrected chi connectivity index (χ4v) is 0.983. The lowest BCUT2D eigenvalue weighted by molar-refractivity contribution is 0.242. The van der Waals surface area contributed by atoms with Crippen LogP contribution >= 0.6 is 0 Å². The third-order valence-corrected chi connectivity index (χ3v) is 1.49. The van der Waals surface area contributed by atoms with E-state index in [1.807, 2.05) is 19.9 Å². The van der Waals surface area contributed by atoms with Gasteiger partial charge >= 0.3 is 0 Å². The zero-order chi connectivity index (χ0) is 9.84. The van der Waals surface area contributed by atoms with Crippen LogP contribution in [0, 0.1) is 11.3 Å². The number of ether oxygens (including phenoxy) is 1. The molecule has 3 heteroatoms. The maximum Gasteiger partial charge on any atom is 0.139 e. The molecule has 0 aliphatic heterocycles. The zero-order valence-electron chi connectivity index (χ0n) is 7.74. The largest absolute Gasteiger partial charge is 0.490 e. The van der Waals surface area contributed by atoms with Crippen LogP contribution < -0.4 is 10.5 Å². The number of rotatable bonds is 2. The van der Waals surface area contributed by atoms with Gasteiger partial charge in [-0.1, -0.05) is 0 Å². The maximum absolute atomic E-state index is 8.75. The van der Waals surface area contributed by atoms with E-state index >= 15 is 0 Å².